The second-order valence-corrected chi connectivity index (χ2v) is 21.9. The van der Waals surface area contributed by atoms with Crippen molar-refractivity contribution in [2.45, 2.75) is 245 Å². The van der Waals surface area contributed by atoms with Gasteiger partial charge in [-0.3, -0.25) is 9.59 Å². The Morgan fingerprint density at radius 2 is 0.667 bits per heavy atom. The van der Waals surface area contributed by atoms with E-state index in [9.17, 15) is 19.5 Å². The molecule has 0 fully saturated rings. The number of hydrogen-bond acceptors (Lipinski definition) is 8. The highest BCUT2D eigenvalue weighted by Gasteiger charge is 2.22. The van der Waals surface area contributed by atoms with Crippen LogP contribution in [0.2, 0.25) is 0 Å². The Bertz CT molecular complexity index is 1840. The Morgan fingerprint density at radius 1 is 0.370 bits per heavy atom. The van der Waals surface area contributed by atoms with E-state index in [1.54, 1.807) is 0 Å². The fourth-order valence-electron chi connectivity index (χ4n) is 8.25. The van der Waals surface area contributed by atoms with Crippen LogP contribution in [-0.4, -0.2) is 82.3 Å². The lowest BCUT2D eigenvalue weighted by Crippen LogP contribution is -2.44. The Labute approximate surface area is 496 Å². The van der Waals surface area contributed by atoms with Crippen LogP contribution in [0.3, 0.4) is 0 Å². The first-order chi connectivity index (χ1) is 39.6. The molecular weight excluding hydrogens is 1010 g/mol. The van der Waals surface area contributed by atoms with Gasteiger partial charge in [-0.05, 0) is 116 Å². The van der Waals surface area contributed by atoms with E-state index in [0.29, 0.717) is 23.9 Å². The average molecular weight is 1120 g/mol. The molecular formula is C72H117NO8. The number of esters is 2. The second-order valence-electron chi connectivity index (χ2n) is 21.9. The highest BCUT2D eigenvalue weighted by atomic mass is 16.7. The van der Waals surface area contributed by atoms with Gasteiger partial charge in [0, 0.05) is 12.8 Å². The van der Waals surface area contributed by atoms with Crippen molar-refractivity contribution in [3.8, 4) is 0 Å². The molecule has 0 amide bonds. The largest absolute Gasteiger partial charge is 0.545 e. The predicted octanol–water partition coefficient (Wildman–Crippen LogP) is 18.2. The molecule has 0 aliphatic carbocycles. The van der Waals surface area contributed by atoms with Crippen molar-refractivity contribution in [3.63, 3.8) is 0 Å². The number of carboxylic acid groups (broad SMARTS) is 1. The molecule has 0 saturated carbocycles. The van der Waals surface area contributed by atoms with Gasteiger partial charge in [-0.25, -0.2) is 0 Å². The minimum Gasteiger partial charge on any atom is -0.545 e. The lowest BCUT2D eigenvalue weighted by molar-refractivity contribution is -0.870. The van der Waals surface area contributed by atoms with Crippen molar-refractivity contribution in [2.75, 3.05) is 47.5 Å². The molecule has 9 heteroatoms. The molecule has 2 unspecified atom stereocenters. The zero-order valence-electron chi connectivity index (χ0n) is 52.1. The Balaban J connectivity index is 4.23. The quantitative estimate of drug-likeness (QED) is 0.0195. The van der Waals surface area contributed by atoms with Gasteiger partial charge < -0.3 is 33.3 Å². The Morgan fingerprint density at radius 3 is 0.988 bits per heavy atom. The zero-order valence-corrected chi connectivity index (χ0v) is 52.1. The smallest absolute Gasteiger partial charge is 0.306 e. The molecule has 0 aromatic rings. The normalized spacial score (nSPS) is 13.7. The number of carboxylic acids is 1. The number of hydrogen-bond donors (Lipinski definition) is 0. The van der Waals surface area contributed by atoms with Crippen molar-refractivity contribution in [3.05, 3.63) is 146 Å². The molecule has 0 rings (SSSR count). The topological polar surface area (TPSA) is 111 Å². The molecule has 0 N–H and O–H groups in total. The van der Waals surface area contributed by atoms with Crippen LogP contribution in [-0.2, 0) is 33.3 Å². The van der Waals surface area contributed by atoms with Gasteiger partial charge in [-0.15, -0.1) is 0 Å². The number of carbonyl (C=O) groups excluding carboxylic acids is 3. The number of carbonyl (C=O) groups is 3. The van der Waals surface area contributed by atoms with E-state index in [0.717, 1.165) is 122 Å². The average Bonchev–Trinajstić information content (AvgIpc) is 3.44. The summed E-state index contributed by atoms with van der Waals surface area (Å²) in [5, 5.41) is 11.8. The maximum atomic E-state index is 12.9. The monoisotopic (exact) mass is 1120 g/mol. The molecule has 0 aromatic carbocycles. The van der Waals surface area contributed by atoms with Gasteiger partial charge in [0.25, 0.3) is 0 Å². The number of unbranched alkanes of at least 4 members (excludes halogenated alkanes) is 18. The SMILES string of the molecule is CC/C=C\C/C=C\C/C=C\C/C=C\C/C=C\C/C=C\CCCCCCCCCCCCCCCCC(=O)OC(COC(=O)CCCCCC/C=C\C/C=C\C/C=C\C/C=C\C/C=C\C/C=C\CC)COC(OCC[N+](C)(C)C)C(=O)[O-]. The van der Waals surface area contributed by atoms with Crippen molar-refractivity contribution in [1.82, 2.24) is 0 Å². The summed E-state index contributed by atoms with van der Waals surface area (Å²) in [6.45, 7) is 4.48. The zero-order chi connectivity index (χ0) is 59.1. The van der Waals surface area contributed by atoms with Crippen molar-refractivity contribution in [2.24, 2.45) is 0 Å². The fourth-order valence-corrected chi connectivity index (χ4v) is 8.25. The number of nitrogens with zero attached hydrogens (tertiary/aromatic N) is 1. The van der Waals surface area contributed by atoms with Crippen LogP contribution in [0.4, 0.5) is 0 Å². The first-order valence-electron chi connectivity index (χ1n) is 32.0. The van der Waals surface area contributed by atoms with Gasteiger partial charge in [-0.2, -0.15) is 0 Å². The van der Waals surface area contributed by atoms with Crippen LogP contribution in [0.1, 0.15) is 232 Å². The molecule has 9 nitrogen and oxygen atoms in total. The van der Waals surface area contributed by atoms with E-state index in [1.807, 2.05) is 21.1 Å². The van der Waals surface area contributed by atoms with Crippen LogP contribution < -0.4 is 5.11 Å². The third kappa shape index (κ3) is 62.6. The van der Waals surface area contributed by atoms with E-state index in [2.05, 4.69) is 160 Å². The molecule has 81 heavy (non-hydrogen) atoms. The van der Waals surface area contributed by atoms with E-state index < -0.39 is 24.3 Å². The van der Waals surface area contributed by atoms with Gasteiger partial charge in [0.15, 0.2) is 12.4 Å². The summed E-state index contributed by atoms with van der Waals surface area (Å²) in [4.78, 5) is 37.4. The van der Waals surface area contributed by atoms with Crippen molar-refractivity contribution >= 4 is 17.9 Å². The van der Waals surface area contributed by atoms with Gasteiger partial charge in [0.2, 0.25) is 0 Å². The van der Waals surface area contributed by atoms with Crippen molar-refractivity contribution < 1.29 is 42.9 Å². The summed E-state index contributed by atoms with van der Waals surface area (Å²) >= 11 is 0. The number of aliphatic carboxylic acids is 1. The minimum atomic E-state index is -1.64. The highest BCUT2D eigenvalue weighted by molar-refractivity contribution is 5.70. The molecule has 2 atom stereocenters. The first-order valence-corrected chi connectivity index (χ1v) is 32.0. The summed E-state index contributed by atoms with van der Waals surface area (Å²) in [5.41, 5.74) is 0. The van der Waals surface area contributed by atoms with Crippen LogP contribution in [0.15, 0.2) is 146 Å². The fraction of sp³-hybridized carbons (Fsp3) is 0.625. The van der Waals surface area contributed by atoms with E-state index in [-0.39, 0.29) is 38.6 Å². The summed E-state index contributed by atoms with van der Waals surface area (Å²) in [7, 11) is 5.91. The maximum Gasteiger partial charge on any atom is 0.306 e. The Hall–Kier alpha value is -4.83. The van der Waals surface area contributed by atoms with Gasteiger partial charge in [-0.1, -0.05) is 250 Å². The van der Waals surface area contributed by atoms with E-state index in [1.165, 1.54) is 70.6 Å². The molecule has 0 aliphatic heterocycles. The molecule has 0 aromatic heterocycles. The maximum absolute atomic E-state index is 12.9. The summed E-state index contributed by atoms with van der Waals surface area (Å²) < 4.78 is 22.7. The lowest BCUT2D eigenvalue weighted by atomic mass is 10.0. The molecule has 0 radical (unpaired) electrons. The van der Waals surface area contributed by atoms with E-state index >= 15 is 0 Å². The molecule has 458 valence electrons. The van der Waals surface area contributed by atoms with Gasteiger partial charge in [0.1, 0.15) is 13.2 Å². The predicted molar refractivity (Wildman–Crippen MR) is 342 cm³/mol. The summed E-state index contributed by atoms with van der Waals surface area (Å²) in [6, 6.07) is 0. The second kappa shape index (κ2) is 61.2. The Kier molecular flexibility index (Phi) is 57.6. The van der Waals surface area contributed by atoms with Crippen LogP contribution in [0, 0.1) is 0 Å². The number of likely N-dealkylation sites (N-methyl/N-ethyl adjacent to an activating group) is 1. The van der Waals surface area contributed by atoms with Crippen molar-refractivity contribution in [1.29, 1.82) is 0 Å². The van der Waals surface area contributed by atoms with Gasteiger partial charge >= 0.3 is 11.9 Å². The molecule has 0 saturated heterocycles. The van der Waals surface area contributed by atoms with E-state index in [4.69, 9.17) is 18.9 Å². The first kappa shape index (κ1) is 76.2. The minimum absolute atomic E-state index is 0.136. The van der Waals surface area contributed by atoms with Crippen LogP contribution in [0.25, 0.3) is 0 Å². The number of quaternary nitrogens is 1. The standard InChI is InChI=1S/C72H117NO8/c1-6-8-10-12-14-16-18-20-22-24-26-28-30-31-32-33-34-35-36-37-38-39-41-43-45-47-49-51-53-55-57-59-61-63-70(75)81-68(67-80-72(71(76)77)78-65-64-73(3,4)5)66-79-69(74)62-60-58-56-54-52-50-48-46-44-42-40-29-27-25-23-21-19-17-15-13-11-9-7-2/h8-11,14-17,20-23,26-29,31-32,34-35,42,44,48,50,68,72H,6-7,12-13,18-19,24-25,30,33,36-41,43,45-47,49,51-67H2,1-5H3/b10-8-,11-9-,16-14-,17-15-,22-20-,23-21-,28-26-,29-27-,32-31-,35-34-,44-42-,50-48-. The van der Waals surface area contributed by atoms with Crippen LogP contribution >= 0.6 is 0 Å². The molecule has 0 aliphatic rings. The number of allylic oxidation sites excluding steroid dienone is 24. The number of ether oxygens (including phenoxy) is 4. The van der Waals surface area contributed by atoms with Gasteiger partial charge in [0.05, 0.1) is 40.3 Å². The number of rotatable bonds is 57. The molecule has 0 bridgehead atoms. The summed E-state index contributed by atoms with van der Waals surface area (Å²) in [5.74, 6) is -2.33. The third-order valence-electron chi connectivity index (χ3n) is 13.1. The van der Waals surface area contributed by atoms with Crippen LogP contribution in [0.5, 0.6) is 0 Å². The summed E-state index contributed by atoms with van der Waals surface area (Å²) in [6.07, 6.45) is 86.2. The lowest BCUT2D eigenvalue weighted by Gasteiger charge is -2.26. The third-order valence-corrected chi connectivity index (χ3v) is 13.1. The molecule has 0 spiro atoms. The molecule has 0 heterocycles. The highest BCUT2D eigenvalue weighted by Crippen LogP contribution is 2.15.